The summed E-state index contributed by atoms with van der Waals surface area (Å²) in [6.45, 7) is 3.79. The number of carbonyl (C=O) groups excluding carboxylic acids is 1. The minimum Gasteiger partial charge on any atom is -0.298 e. The van der Waals surface area contributed by atoms with Crippen LogP contribution in [0.5, 0.6) is 0 Å². The highest BCUT2D eigenvalue weighted by Crippen LogP contribution is 2.30. The molecule has 0 aliphatic heterocycles. The molecule has 0 aliphatic rings. The van der Waals surface area contributed by atoms with Gasteiger partial charge in [-0.15, -0.1) is 11.3 Å². The van der Waals surface area contributed by atoms with Crippen LogP contribution in [0.3, 0.4) is 0 Å². The average Bonchev–Trinajstić information content (AvgIpc) is 2.87. The average molecular weight is 307 g/mol. The summed E-state index contributed by atoms with van der Waals surface area (Å²) in [5.74, 6) is -0.119. The zero-order chi connectivity index (χ0) is 14.5. The van der Waals surface area contributed by atoms with E-state index in [9.17, 15) is 4.79 Å². The summed E-state index contributed by atoms with van der Waals surface area (Å²) in [4.78, 5) is 16.3. The SMILES string of the molecule is CC/C=C(/C)C(=O)Nc1nc(-c2ccccc2Cl)cs1. The van der Waals surface area contributed by atoms with E-state index in [0.29, 0.717) is 15.7 Å². The van der Waals surface area contributed by atoms with Gasteiger partial charge >= 0.3 is 0 Å². The van der Waals surface area contributed by atoms with Gasteiger partial charge in [-0.2, -0.15) is 0 Å². The van der Waals surface area contributed by atoms with Gasteiger partial charge in [0.15, 0.2) is 5.13 Å². The molecule has 1 amide bonds. The maximum Gasteiger partial charge on any atom is 0.252 e. The van der Waals surface area contributed by atoms with E-state index in [-0.39, 0.29) is 5.91 Å². The lowest BCUT2D eigenvalue weighted by atomic mass is 10.2. The first-order chi connectivity index (χ1) is 9.61. The second kappa shape index (κ2) is 6.68. The maximum absolute atomic E-state index is 11.9. The molecule has 2 aromatic rings. The van der Waals surface area contributed by atoms with E-state index in [1.165, 1.54) is 11.3 Å². The number of allylic oxidation sites excluding steroid dienone is 1. The molecule has 0 spiro atoms. The monoisotopic (exact) mass is 306 g/mol. The molecule has 3 nitrogen and oxygen atoms in total. The molecule has 0 bridgehead atoms. The second-order valence-corrected chi connectivity index (χ2v) is 5.53. The highest BCUT2D eigenvalue weighted by atomic mass is 35.5. The normalized spacial score (nSPS) is 11.4. The number of benzene rings is 1. The lowest BCUT2D eigenvalue weighted by Crippen LogP contribution is -2.12. The molecule has 0 radical (unpaired) electrons. The summed E-state index contributed by atoms with van der Waals surface area (Å²) >= 11 is 7.52. The van der Waals surface area contributed by atoms with Crippen molar-refractivity contribution in [2.24, 2.45) is 0 Å². The summed E-state index contributed by atoms with van der Waals surface area (Å²) < 4.78 is 0. The predicted molar refractivity (Wildman–Crippen MR) is 85.2 cm³/mol. The Balaban J connectivity index is 2.16. The fraction of sp³-hybridized carbons (Fsp3) is 0.200. The first kappa shape index (κ1) is 14.8. The number of carbonyl (C=O) groups is 1. The Morgan fingerprint density at radius 3 is 2.90 bits per heavy atom. The lowest BCUT2D eigenvalue weighted by Gasteiger charge is -2.01. The molecule has 1 N–H and O–H groups in total. The highest BCUT2D eigenvalue weighted by molar-refractivity contribution is 7.14. The third-order valence-electron chi connectivity index (χ3n) is 2.74. The topological polar surface area (TPSA) is 42.0 Å². The van der Waals surface area contributed by atoms with Gasteiger partial charge in [0.05, 0.1) is 5.69 Å². The standard InChI is InChI=1S/C15H15ClN2OS/c1-3-6-10(2)14(19)18-15-17-13(9-20-15)11-7-4-5-8-12(11)16/h4-9H,3H2,1-2H3,(H,17,18,19)/b10-6-. The maximum atomic E-state index is 11.9. The largest absolute Gasteiger partial charge is 0.298 e. The summed E-state index contributed by atoms with van der Waals surface area (Å²) in [6.07, 6.45) is 2.72. The summed E-state index contributed by atoms with van der Waals surface area (Å²) in [5, 5.41) is 5.91. The van der Waals surface area contributed by atoms with E-state index in [4.69, 9.17) is 11.6 Å². The molecule has 0 unspecified atom stereocenters. The smallest absolute Gasteiger partial charge is 0.252 e. The van der Waals surface area contributed by atoms with Gasteiger partial charge in [-0.05, 0) is 19.4 Å². The number of anilines is 1. The van der Waals surface area contributed by atoms with Crippen LogP contribution in [-0.2, 0) is 4.79 Å². The Labute approximate surface area is 127 Å². The third kappa shape index (κ3) is 3.46. The van der Waals surface area contributed by atoms with Gasteiger partial charge in [0.2, 0.25) is 0 Å². The van der Waals surface area contributed by atoms with Crippen LogP contribution >= 0.6 is 22.9 Å². The van der Waals surface area contributed by atoms with Crippen LogP contribution in [0.4, 0.5) is 5.13 Å². The van der Waals surface area contributed by atoms with Gasteiger partial charge < -0.3 is 0 Å². The van der Waals surface area contributed by atoms with Crippen molar-refractivity contribution in [3.8, 4) is 11.3 Å². The Bertz CT molecular complexity index is 649. The van der Waals surface area contributed by atoms with Gasteiger partial charge in [-0.1, -0.05) is 42.8 Å². The molecule has 1 aromatic carbocycles. The minimum absolute atomic E-state index is 0.119. The van der Waals surface area contributed by atoms with E-state index >= 15 is 0 Å². The molecule has 0 saturated heterocycles. The van der Waals surface area contributed by atoms with Crippen molar-refractivity contribution in [1.82, 2.24) is 4.98 Å². The Morgan fingerprint density at radius 1 is 1.45 bits per heavy atom. The van der Waals surface area contributed by atoms with Gasteiger partial charge in [0.1, 0.15) is 0 Å². The number of hydrogen-bond donors (Lipinski definition) is 1. The number of nitrogens with zero attached hydrogens (tertiary/aromatic N) is 1. The molecule has 5 heteroatoms. The minimum atomic E-state index is -0.119. The van der Waals surface area contributed by atoms with Crippen LogP contribution in [0.1, 0.15) is 20.3 Å². The molecule has 1 heterocycles. The van der Waals surface area contributed by atoms with Crippen molar-refractivity contribution in [2.75, 3.05) is 5.32 Å². The highest BCUT2D eigenvalue weighted by Gasteiger charge is 2.10. The van der Waals surface area contributed by atoms with Crippen molar-refractivity contribution >= 4 is 34.0 Å². The summed E-state index contributed by atoms with van der Waals surface area (Å²) in [6, 6.07) is 7.51. The number of hydrogen-bond acceptors (Lipinski definition) is 3. The molecule has 2 rings (SSSR count). The zero-order valence-electron chi connectivity index (χ0n) is 11.3. The lowest BCUT2D eigenvalue weighted by molar-refractivity contribution is -0.112. The van der Waals surface area contributed by atoms with E-state index in [1.54, 1.807) is 6.92 Å². The van der Waals surface area contributed by atoms with Crippen molar-refractivity contribution in [2.45, 2.75) is 20.3 Å². The molecule has 0 aliphatic carbocycles. The summed E-state index contributed by atoms with van der Waals surface area (Å²) in [5.41, 5.74) is 2.33. The number of rotatable bonds is 4. The van der Waals surface area contributed by atoms with Gasteiger partial charge in [-0.25, -0.2) is 4.98 Å². The quantitative estimate of drug-likeness (QED) is 0.828. The Hall–Kier alpha value is -1.65. The van der Waals surface area contributed by atoms with E-state index in [2.05, 4.69) is 10.3 Å². The van der Waals surface area contributed by atoms with Crippen molar-refractivity contribution in [3.05, 3.63) is 46.3 Å². The van der Waals surface area contributed by atoms with Crippen LogP contribution in [0.2, 0.25) is 5.02 Å². The number of halogens is 1. The first-order valence-corrected chi connectivity index (χ1v) is 7.56. The van der Waals surface area contributed by atoms with Crippen LogP contribution in [0.15, 0.2) is 41.3 Å². The predicted octanol–water partition coefficient (Wildman–Crippen LogP) is 4.76. The number of amides is 1. The Kier molecular flexibility index (Phi) is 4.93. The van der Waals surface area contributed by atoms with Crippen molar-refractivity contribution in [3.63, 3.8) is 0 Å². The van der Waals surface area contributed by atoms with Crippen LogP contribution in [0.25, 0.3) is 11.3 Å². The number of nitrogens with one attached hydrogen (secondary N) is 1. The van der Waals surface area contributed by atoms with E-state index < -0.39 is 0 Å². The second-order valence-electron chi connectivity index (χ2n) is 4.27. The fourth-order valence-corrected chi connectivity index (χ4v) is 2.66. The fourth-order valence-electron chi connectivity index (χ4n) is 1.72. The van der Waals surface area contributed by atoms with Crippen LogP contribution < -0.4 is 5.32 Å². The van der Waals surface area contributed by atoms with Gasteiger partial charge in [0.25, 0.3) is 5.91 Å². The molecule has 0 saturated carbocycles. The third-order valence-corrected chi connectivity index (χ3v) is 3.83. The molecule has 20 heavy (non-hydrogen) atoms. The van der Waals surface area contributed by atoms with Crippen molar-refractivity contribution in [1.29, 1.82) is 0 Å². The van der Waals surface area contributed by atoms with Gasteiger partial charge in [-0.3, -0.25) is 10.1 Å². The summed E-state index contributed by atoms with van der Waals surface area (Å²) in [7, 11) is 0. The van der Waals surface area contributed by atoms with Gasteiger partial charge in [0, 0.05) is 21.5 Å². The van der Waals surface area contributed by atoms with E-state index in [1.807, 2.05) is 42.6 Å². The van der Waals surface area contributed by atoms with Crippen LogP contribution in [0, 0.1) is 0 Å². The molecule has 104 valence electrons. The molecule has 0 atom stereocenters. The van der Waals surface area contributed by atoms with Crippen molar-refractivity contribution < 1.29 is 4.79 Å². The van der Waals surface area contributed by atoms with E-state index in [0.717, 1.165) is 17.7 Å². The molecular weight excluding hydrogens is 292 g/mol. The first-order valence-electron chi connectivity index (χ1n) is 6.30. The number of thiazole rings is 1. The molecule has 0 fully saturated rings. The molecule has 1 aromatic heterocycles. The van der Waals surface area contributed by atoms with Crippen LogP contribution in [-0.4, -0.2) is 10.9 Å². The number of aromatic nitrogens is 1. The molecular formula is C15H15ClN2OS. The Morgan fingerprint density at radius 2 is 2.20 bits per heavy atom. The zero-order valence-corrected chi connectivity index (χ0v) is 12.9.